The molecule has 6 nitrogen and oxygen atoms in total. The molecular formula is C18H16F3N5O. The van der Waals surface area contributed by atoms with Gasteiger partial charge < -0.3 is 4.90 Å². The van der Waals surface area contributed by atoms with Crippen molar-refractivity contribution in [3.63, 3.8) is 0 Å². The van der Waals surface area contributed by atoms with Gasteiger partial charge in [0.05, 0.1) is 17.8 Å². The first-order valence-electron chi connectivity index (χ1n) is 8.35. The Balaban J connectivity index is 1.62. The first kappa shape index (κ1) is 17.3. The van der Waals surface area contributed by atoms with Crippen LogP contribution in [-0.2, 0) is 26.2 Å². The Labute approximate surface area is 152 Å². The van der Waals surface area contributed by atoms with Gasteiger partial charge in [-0.15, -0.1) is 0 Å². The molecule has 1 aliphatic heterocycles. The number of H-pyrrole nitrogens is 1. The number of benzene rings is 1. The molecule has 140 valence electrons. The molecule has 0 saturated heterocycles. The van der Waals surface area contributed by atoms with Gasteiger partial charge in [0, 0.05) is 43.0 Å². The highest BCUT2D eigenvalue weighted by atomic mass is 19.4. The first-order chi connectivity index (χ1) is 12.8. The Morgan fingerprint density at radius 1 is 1.19 bits per heavy atom. The fourth-order valence-corrected chi connectivity index (χ4v) is 3.27. The Kier molecular flexibility index (Phi) is 4.01. The van der Waals surface area contributed by atoms with Crippen molar-refractivity contribution >= 4 is 5.91 Å². The average Bonchev–Trinajstić information content (AvgIpc) is 3.26. The van der Waals surface area contributed by atoms with E-state index in [2.05, 4.69) is 15.3 Å². The van der Waals surface area contributed by atoms with Crippen LogP contribution >= 0.6 is 0 Å². The summed E-state index contributed by atoms with van der Waals surface area (Å²) >= 11 is 0. The van der Waals surface area contributed by atoms with E-state index < -0.39 is 11.7 Å². The quantitative estimate of drug-likeness (QED) is 0.749. The van der Waals surface area contributed by atoms with Gasteiger partial charge in [0.1, 0.15) is 5.69 Å². The van der Waals surface area contributed by atoms with Gasteiger partial charge in [0.2, 0.25) is 0 Å². The SMILES string of the molecule is Cn1nccc1C(=O)N1CCc2[nH]nc(-c3ccc(C(F)(F)F)cc3)c2C1. The van der Waals surface area contributed by atoms with Gasteiger partial charge in [0.25, 0.3) is 5.91 Å². The van der Waals surface area contributed by atoms with Crippen molar-refractivity contribution in [1.82, 2.24) is 24.9 Å². The number of aromatic nitrogens is 4. The maximum atomic E-state index is 12.8. The number of aromatic amines is 1. The number of rotatable bonds is 2. The van der Waals surface area contributed by atoms with Crippen molar-refractivity contribution in [3.8, 4) is 11.3 Å². The van der Waals surface area contributed by atoms with Crippen LogP contribution in [0.4, 0.5) is 13.2 Å². The summed E-state index contributed by atoms with van der Waals surface area (Å²) in [5.74, 6) is -0.139. The highest BCUT2D eigenvalue weighted by Gasteiger charge is 2.31. The Morgan fingerprint density at radius 2 is 1.93 bits per heavy atom. The average molecular weight is 375 g/mol. The summed E-state index contributed by atoms with van der Waals surface area (Å²) < 4.78 is 39.8. The zero-order valence-corrected chi connectivity index (χ0v) is 14.4. The number of aryl methyl sites for hydroxylation is 1. The van der Waals surface area contributed by atoms with Gasteiger partial charge in [-0.05, 0) is 18.2 Å². The van der Waals surface area contributed by atoms with Gasteiger partial charge in [0.15, 0.2) is 0 Å². The van der Waals surface area contributed by atoms with Gasteiger partial charge in [-0.25, -0.2) is 0 Å². The number of fused-ring (bicyclic) bond motifs is 1. The van der Waals surface area contributed by atoms with E-state index in [4.69, 9.17) is 0 Å². The molecule has 0 atom stereocenters. The number of hydrogen-bond acceptors (Lipinski definition) is 3. The second-order valence-corrected chi connectivity index (χ2v) is 6.42. The Morgan fingerprint density at radius 3 is 2.56 bits per heavy atom. The lowest BCUT2D eigenvalue weighted by atomic mass is 10.00. The van der Waals surface area contributed by atoms with Crippen molar-refractivity contribution in [1.29, 1.82) is 0 Å². The predicted molar refractivity (Wildman–Crippen MR) is 90.7 cm³/mol. The molecular weight excluding hydrogens is 359 g/mol. The minimum Gasteiger partial charge on any atom is -0.332 e. The minimum absolute atomic E-state index is 0.139. The molecule has 1 N–H and O–H groups in total. The van der Waals surface area contributed by atoms with Crippen molar-refractivity contribution in [3.05, 3.63) is 59.0 Å². The van der Waals surface area contributed by atoms with E-state index in [0.29, 0.717) is 36.5 Å². The molecule has 9 heteroatoms. The minimum atomic E-state index is -4.38. The van der Waals surface area contributed by atoms with E-state index in [-0.39, 0.29) is 5.91 Å². The Bertz CT molecular complexity index is 987. The summed E-state index contributed by atoms with van der Waals surface area (Å²) in [6.45, 7) is 0.873. The third kappa shape index (κ3) is 3.09. The topological polar surface area (TPSA) is 66.8 Å². The van der Waals surface area contributed by atoms with E-state index in [1.54, 1.807) is 24.2 Å². The summed E-state index contributed by atoms with van der Waals surface area (Å²) in [4.78, 5) is 14.4. The molecule has 0 saturated carbocycles. The van der Waals surface area contributed by atoms with Crippen molar-refractivity contribution in [2.75, 3.05) is 6.54 Å². The van der Waals surface area contributed by atoms with Crippen LogP contribution in [0, 0.1) is 0 Å². The highest BCUT2D eigenvalue weighted by Crippen LogP contribution is 2.33. The number of carbonyl (C=O) groups is 1. The molecule has 0 radical (unpaired) electrons. The molecule has 2 aromatic heterocycles. The normalized spacial score (nSPS) is 14.3. The maximum absolute atomic E-state index is 12.8. The van der Waals surface area contributed by atoms with Crippen molar-refractivity contribution < 1.29 is 18.0 Å². The number of amides is 1. The number of hydrogen-bond donors (Lipinski definition) is 1. The molecule has 4 rings (SSSR count). The lowest BCUT2D eigenvalue weighted by Crippen LogP contribution is -2.36. The monoisotopic (exact) mass is 375 g/mol. The number of halogens is 3. The second-order valence-electron chi connectivity index (χ2n) is 6.42. The van der Waals surface area contributed by atoms with E-state index in [0.717, 1.165) is 23.4 Å². The molecule has 27 heavy (non-hydrogen) atoms. The van der Waals surface area contributed by atoms with E-state index in [9.17, 15) is 18.0 Å². The Hall–Kier alpha value is -3.10. The van der Waals surface area contributed by atoms with E-state index in [1.807, 2.05) is 0 Å². The van der Waals surface area contributed by atoms with Crippen LogP contribution in [0.25, 0.3) is 11.3 Å². The molecule has 0 bridgehead atoms. The standard InChI is InChI=1S/C18H16F3N5O/c1-25-15(6-8-22-25)17(27)26-9-7-14-13(10-26)16(24-23-14)11-2-4-12(5-3-11)18(19,20)21/h2-6,8H,7,9-10H2,1H3,(H,23,24). The van der Waals surface area contributed by atoms with E-state index >= 15 is 0 Å². The molecule has 0 fully saturated rings. The van der Waals surface area contributed by atoms with Crippen LogP contribution in [-0.4, -0.2) is 37.3 Å². The fourth-order valence-electron chi connectivity index (χ4n) is 3.27. The van der Waals surface area contributed by atoms with E-state index in [1.165, 1.54) is 16.8 Å². The number of nitrogens with one attached hydrogen (secondary N) is 1. The smallest absolute Gasteiger partial charge is 0.332 e. The zero-order valence-electron chi connectivity index (χ0n) is 14.4. The number of alkyl halides is 3. The first-order valence-corrected chi connectivity index (χ1v) is 8.35. The third-order valence-electron chi connectivity index (χ3n) is 4.75. The molecule has 3 heterocycles. The second kappa shape index (κ2) is 6.26. The molecule has 0 spiro atoms. The summed E-state index contributed by atoms with van der Waals surface area (Å²) in [5.41, 5.74) is 2.66. The number of nitrogens with zero attached hydrogens (tertiary/aromatic N) is 4. The zero-order chi connectivity index (χ0) is 19.2. The molecule has 0 aliphatic carbocycles. The predicted octanol–water partition coefficient (Wildman–Crippen LogP) is 3.03. The van der Waals surface area contributed by atoms with Crippen LogP contribution in [0.5, 0.6) is 0 Å². The number of carbonyl (C=O) groups excluding carboxylic acids is 1. The summed E-state index contributed by atoms with van der Waals surface area (Å²) in [6.07, 6.45) is -2.21. The maximum Gasteiger partial charge on any atom is 0.416 e. The van der Waals surface area contributed by atoms with Crippen molar-refractivity contribution in [2.45, 2.75) is 19.1 Å². The molecule has 1 amide bonds. The molecule has 3 aromatic rings. The lowest BCUT2D eigenvalue weighted by molar-refractivity contribution is -0.137. The highest BCUT2D eigenvalue weighted by molar-refractivity contribution is 5.92. The molecule has 1 aliphatic rings. The fraction of sp³-hybridized carbons (Fsp3) is 0.278. The third-order valence-corrected chi connectivity index (χ3v) is 4.75. The van der Waals surface area contributed by atoms with Crippen LogP contribution in [0.15, 0.2) is 36.5 Å². The van der Waals surface area contributed by atoms with Crippen LogP contribution in [0.3, 0.4) is 0 Å². The summed E-state index contributed by atoms with van der Waals surface area (Å²) in [5, 5.41) is 11.2. The largest absolute Gasteiger partial charge is 0.416 e. The van der Waals surface area contributed by atoms with Gasteiger partial charge in [-0.3, -0.25) is 14.6 Å². The van der Waals surface area contributed by atoms with Crippen LogP contribution < -0.4 is 0 Å². The van der Waals surface area contributed by atoms with Gasteiger partial charge in [-0.2, -0.15) is 23.4 Å². The van der Waals surface area contributed by atoms with Gasteiger partial charge >= 0.3 is 6.18 Å². The van der Waals surface area contributed by atoms with Crippen molar-refractivity contribution in [2.24, 2.45) is 7.05 Å². The lowest BCUT2D eigenvalue weighted by Gasteiger charge is -2.27. The molecule has 1 aromatic carbocycles. The summed E-state index contributed by atoms with van der Waals surface area (Å²) in [6, 6.07) is 6.54. The van der Waals surface area contributed by atoms with Crippen LogP contribution in [0.1, 0.15) is 27.3 Å². The summed E-state index contributed by atoms with van der Waals surface area (Å²) in [7, 11) is 1.70. The van der Waals surface area contributed by atoms with Gasteiger partial charge in [-0.1, -0.05) is 12.1 Å². The molecule has 0 unspecified atom stereocenters. The van der Waals surface area contributed by atoms with Crippen LogP contribution in [0.2, 0.25) is 0 Å².